The number of hydrogen-bond donors (Lipinski definition) is 1. The maximum absolute atomic E-state index is 12.3. The number of hydrogen-bond acceptors (Lipinski definition) is 2. The van der Waals surface area contributed by atoms with Gasteiger partial charge in [0.15, 0.2) is 6.20 Å². The fourth-order valence-electron chi connectivity index (χ4n) is 2.40. The van der Waals surface area contributed by atoms with E-state index in [9.17, 15) is 10.0 Å². The van der Waals surface area contributed by atoms with E-state index in [1.807, 2.05) is 54.6 Å². The van der Waals surface area contributed by atoms with Gasteiger partial charge in [-0.25, -0.2) is 0 Å². The van der Waals surface area contributed by atoms with Crippen molar-refractivity contribution in [2.45, 2.75) is 6.42 Å². The molecule has 0 bridgehead atoms. The summed E-state index contributed by atoms with van der Waals surface area (Å²) in [4.78, 5) is 12.3. The van der Waals surface area contributed by atoms with Gasteiger partial charge >= 0.3 is 5.91 Å². The van der Waals surface area contributed by atoms with Gasteiger partial charge in [-0.05, 0) is 29.7 Å². The molecule has 2 aromatic carbocycles. The summed E-state index contributed by atoms with van der Waals surface area (Å²) in [7, 11) is 0. The largest absolute Gasteiger partial charge is 0.618 e. The van der Waals surface area contributed by atoms with Crippen molar-refractivity contribution in [3.63, 3.8) is 0 Å². The number of anilines is 1. The van der Waals surface area contributed by atoms with Gasteiger partial charge in [-0.15, -0.1) is 0 Å². The highest BCUT2D eigenvalue weighted by Gasteiger charge is 2.16. The van der Waals surface area contributed by atoms with Crippen LogP contribution in [0.2, 0.25) is 0 Å². The first-order valence-corrected chi connectivity index (χ1v) is 7.35. The van der Waals surface area contributed by atoms with E-state index in [1.54, 1.807) is 12.1 Å². The van der Waals surface area contributed by atoms with Crippen molar-refractivity contribution in [1.29, 1.82) is 0 Å². The van der Waals surface area contributed by atoms with Crippen LogP contribution in [-0.2, 0) is 6.42 Å². The molecular formula is C19H16N2O2. The third kappa shape index (κ3) is 3.55. The molecule has 1 N–H and O–H groups in total. The highest BCUT2D eigenvalue weighted by atomic mass is 16.5. The van der Waals surface area contributed by atoms with Crippen LogP contribution in [0.1, 0.15) is 21.6 Å². The van der Waals surface area contributed by atoms with E-state index >= 15 is 0 Å². The molecule has 1 aromatic heterocycles. The lowest BCUT2D eigenvalue weighted by atomic mass is 10.0. The van der Waals surface area contributed by atoms with Crippen LogP contribution in [0.15, 0.2) is 79.0 Å². The van der Waals surface area contributed by atoms with Crippen LogP contribution in [0.4, 0.5) is 5.69 Å². The summed E-state index contributed by atoms with van der Waals surface area (Å²) in [5.74, 6) is -0.416. The van der Waals surface area contributed by atoms with Gasteiger partial charge in [0, 0.05) is 17.8 Å². The minimum absolute atomic E-state index is 0.0713. The highest BCUT2D eigenvalue weighted by molar-refractivity contribution is 6.02. The predicted molar refractivity (Wildman–Crippen MR) is 89.0 cm³/mol. The van der Waals surface area contributed by atoms with Crippen LogP contribution in [0.25, 0.3) is 0 Å². The predicted octanol–water partition coefficient (Wildman–Crippen LogP) is 3.16. The third-order valence-electron chi connectivity index (χ3n) is 3.56. The molecule has 3 rings (SSSR count). The van der Waals surface area contributed by atoms with Crippen LogP contribution in [0, 0.1) is 5.21 Å². The van der Waals surface area contributed by atoms with Crippen molar-refractivity contribution in [2.75, 3.05) is 5.32 Å². The lowest BCUT2D eigenvalue weighted by Crippen LogP contribution is -2.36. The number of para-hydroxylation sites is 1. The normalized spacial score (nSPS) is 10.3. The number of carbonyl (C=O) groups is 1. The smallest absolute Gasteiger partial charge is 0.321 e. The fraction of sp³-hybridized carbons (Fsp3) is 0.0526. The number of benzene rings is 2. The Kier molecular flexibility index (Phi) is 4.34. The van der Waals surface area contributed by atoms with Gasteiger partial charge in [0.1, 0.15) is 0 Å². The maximum Gasteiger partial charge on any atom is 0.321 e. The molecule has 1 heterocycles. The van der Waals surface area contributed by atoms with Gasteiger partial charge < -0.3 is 10.5 Å². The fourth-order valence-corrected chi connectivity index (χ4v) is 2.40. The molecule has 0 aliphatic rings. The van der Waals surface area contributed by atoms with Crippen molar-refractivity contribution >= 4 is 11.6 Å². The molecule has 0 fully saturated rings. The number of nitrogens with zero attached hydrogens (tertiary/aromatic N) is 1. The molecule has 3 aromatic rings. The Balaban J connectivity index is 1.84. The molecule has 4 nitrogen and oxygen atoms in total. The van der Waals surface area contributed by atoms with Crippen molar-refractivity contribution in [1.82, 2.24) is 0 Å². The Hall–Kier alpha value is -3.14. The standard InChI is InChI=1S/C19H16N2O2/c22-19(18-12-6-7-13-21(18)23)20-17-11-5-4-10-16(17)14-15-8-2-1-3-9-15/h1-13H,14H2,(H,20,22). The summed E-state index contributed by atoms with van der Waals surface area (Å²) in [5.41, 5.74) is 2.94. The Labute approximate surface area is 134 Å². The molecule has 0 radical (unpaired) electrons. The second-order valence-electron chi connectivity index (χ2n) is 5.19. The van der Waals surface area contributed by atoms with Crippen LogP contribution in [0.3, 0.4) is 0 Å². The van der Waals surface area contributed by atoms with Crippen LogP contribution in [-0.4, -0.2) is 5.91 Å². The lowest BCUT2D eigenvalue weighted by Gasteiger charge is -2.11. The Morgan fingerprint density at radius 2 is 1.61 bits per heavy atom. The van der Waals surface area contributed by atoms with E-state index in [0.29, 0.717) is 16.8 Å². The van der Waals surface area contributed by atoms with Gasteiger partial charge in [-0.1, -0.05) is 48.5 Å². The summed E-state index contributed by atoms with van der Waals surface area (Å²) in [6.45, 7) is 0. The lowest BCUT2D eigenvalue weighted by molar-refractivity contribution is -0.607. The minimum Gasteiger partial charge on any atom is -0.618 e. The second-order valence-corrected chi connectivity index (χ2v) is 5.19. The molecule has 0 spiro atoms. The van der Waals surface area contributed by atoms with Gasteiger partial charge in [0.05, 0.1) is 0 Å². The molecule has 0 unspecified atom stereocenters. The Bertz CT molecular complexity index is 816. The van der Waals surface area contributed by atoms with Gasteiger partial charge in [-0.3, -0.25) is 4.79 Å². The van der Waals surface area contributed by atoms with Crippen LogP contribution in [0.5, 0.6) is 0 Å². The topological polar surface area (TPSA) is 56.0 Å². The van der Waals surface area contributed by atoms with E-state index in [1.165, 1.54) is 12.3 Å². The number of aromatic nitrogens is 1. The number of carbonyl (C=O) groups excluding carboxylic acids is 1. The zero-order valence-corrected chi connectivity index (χ0v) is 12.5. The molecule has 0 saturated heterocycles. The monoisotopic (exact) mass is 304 g/mol. The van der Waals surface area contributed by atoms with Crippen molar-refractivity contribution in [2.24, 2.45) is 0 Å². The molecule has 4 heteroatoms. The molecule has 0 aliphatic carbocycles. The number of amides is 1. The summed E-state index contributed by atoms with van der Waals surface area (Å²) < 4.78 is 0.565. The summed E-state index contributed by atoms with van der Waals surface area (Å²) >= 11 is 0. The summed E-state index contributed by atoms with van der Waals surface area (Å²) in [5, 5.41) is 14.5. The minimum atomic E-state index is -0.416. The third-order valence-corrected chi connectivity index (χ3v) is 3.56. The zero-order chi connectivity index (χ0) is 16.1. The Morgan fingerprint density at radius 3 is 2.39 bits per heavy atom. The number of pyridine rings is 1. The molecule has 0 saturated carbocycles. The van der Waals surface area contributed by atoms with Crippen molar-refractivity contribution < 1.29 is 9.52 Å². The first-order valence-electron chi connectivity index (χ1n) is 7.35. The number of nitrogens with one attached hydrogen (secondary N) is 1. The maximum atomic E-state index is 12.3. The quantitative estimate of drug-likeness (QED) is 0.594. The van der Waals surface area contributed by atoms with E-state index in [2.05, 4.69) is 5.32 Å². The molecule has 1 amide bonds. The zero-order valence-electron chi connectivity index (χ0n) is 12.5. The van der Waals surface area contributed by atoms with Crippen molar-refractivity contribution in [3.8, 4) is 0 Å². The van der Waals surface area contributed by atoms with E-state index in [4.69, 9.17) is 0 Å². The average Bonchev–Trinajstić information content (AvgIpc) is 2.58. The van der Waals surface area contributed by atoms with Gasteiger partial charge in [0.2, 0.25) is 0 Å². The first-order chi connectivity index (χ1) is 11.2. The number of rotatable bonds is 4. The Morgan fingerprint density at radius 1 is 0.913 bits per heavy atom. The summed E-state index contributed by atoms with van der Waals surface area (Å²) in [6, 6.07) is 22.4. The van der Waals surface area contributed by atoms with Crippen LogP contribution < -0.4 is 10.0 Å². The summed E-state index contributed by atoms with van der Waals surface area (Å²) in [6.07, 6.45) is 2.02. The van der Waals surface area contributed by atoms with Crippen LogP contribution >= 0.6 is 0 Å². The molecule has 0 aliphatic heterocycles. The van der Waals surface area contributed by atoms with E-state index in [-0.39, 0.29) is 5.69 Å². The molecule has 0 atom stereocenters. The van der Waals surface area contributed by atoms with Gasteiger partial charge in [0.25, 0.3) is 5.69 Å². The van der Waals surface area contributed by atoms with Gasteiger partial charge in [-0.2, -0.15) is 4.73 Å². The molecule has 114 valence electrons. The van der Waals surface area contributed by atoms with E-state index < -0.39 is 5.91 Å². The molecular weight excluding hydrogens is 288 g/mol. The van der Waals surface area contributed by atoms with Crippen molar-refractivity contribution in [3.05, 3.63) is 101 Å². The van der Waals surface area contributed by atoms with E-state index in [0.717, 1.165) is 11.1 Å². The SMILES string of the molecule is O=C(Nc1ccccc1Cc1ccccc1)c1cccc[n+]1[O-]. The average molecular weight is 304 g/mol. The second kappa shape index (κ2) is 6.75. The molecule has 23 heavy (non-hydrogen) atoms. The first kappa shape index (κ1) is 14.8. The highest BCUT2D eigenvalue weighted by Crippen LogP contribution is 2.19.